The van der Waals surface area contributed by atoms with E-state index in [-0.39, 0.29) is 0 Å². The molecule has 0 atom stereocenters. The van der Waals surface area contributed by atoms with Crippen molar-refractivity contribution >= 4 is 5.91 Å². The highest BCUT2D eigenvalue weighted by Gasteiger charge is 2.32. The van der Waals surface area contributed by atoms with Crippen LogP contribution in [-0.4, -0.2) is 23.9 Å². The predicted octanol–water partition coefficient (Wildman–Crippen LogP) is 3.97. The zero-order chi connectivity index (χ0) is 13.9. The molecule has 3 rings (SSSR count). The Kier molecular flexibility index (Phi) is 4.09. The third-order valence-corrected chi connectivity index (χ3v) is 5.32. The molecule has 1 amide bonds. The van der Waals surface area contributed by atoms with Gasteiger partial charge in [0.05, 0.1) is 0 Å². The van der Waals surface area contributed by atoms with E-state index in [9.17, 15) is 4.79 Å². The molecule has 1 aromatic rings. The molecule has 2 aliphatic carbocycles. The summed E-state index contributed by atoms with van der Waals surface area (Å²) in [5, 5.41) is 0. The van der Waals surface area contributed by atoms with Crippen LogP contribution in [0.15, 0.2) is 30.3 Å². The van der Waals surface area contributed by atoms with Crippen molar-refractivity contribution in [1.29, 1.82) is 0 Å². The van der Waals surface area contributed by atoms with Crippen LogP contribution in [0.5, 0.6) is 0 Å². The van der Waals surface area contributed by atoms with Crippen LogP contribution >= 0.6 is 0 Å². The summed E-state index contributed by atoms with van der Waals surface area (Å²) < 4.78 is 0. The molecule has 0 unspecified atom stereocenters. The van der Waals surface area contributed by atoms with Crippen LogP contribution in [0.1, 0.15) is 56.4 Å². The van der Waals surface area contributed by atoms with Crippen molar-refractivity contribution < 1.29 is 4.79 Å². The smallest absolute Gasteiger partial charge is 0.225 e. The largest absolute Gasteiger partial charge is 0.343 e. The molecule has 0 aliphatic heterocycles. The van der Waals surface area contributed by atoms with Gasteiger partial charge in [-0.3, -0.25) is 4.79 Å². The molecular formula is C18H25NO. The molecule has 2 heteroatoms. The number of benzene rings is 1. The van der Waals surface area contributed by atoms with Gasteiger partial charge in [0, 0.05) is 19.0 Å². The average molecular weight is 271 g/mol. The number of carbonyl (C=O) groups excluding carboxylic acids is 1. The highest BCUT2D eigenvalue weighted by molar-refractivity contribution is 5.79. The van der Waals surface area contributed by atoms with Gasteiger partial charge >= 0.3 is 0 Å². The lowest BCUT2D eigenvalue weighted by Crippen LogP contribution is -2.43. The van der Waals surface area contributed by atoms with Crippen molar-refractivity contribution in [2.75, 3.05) is 7.05 Å². The topological polar surface area (TPSA) is 20.3 Å². The maximum absolute atomic E-state index is 12.3. The maximum Gasteiger partial charge on any atom is 0.225 e. The van der Waals surface area contributed by atoms with Crippen molar-refractivity contribution in [2.24, 2.45) is 5.92 Å². The first kappa shape index (κ1) is 13.7. The molecule has 0 saturated heterocycles. The van der Waals surface area contributed by atoms with E-state index in [2.05, 4.69) is 35.2 Å². The summed E-state index contributed by atoms with van der Waals surface area (Å²) in [5.74, 6) is 1.44. The Bertz CT molecular complexity index is 444. The molecule has 108 valence electrons. The Balaban J connectivity index is 1.54. The standard InChI is InChI=1S/C18H25NO/c1-19(18(20)16-8-5-9-16)17-12-10-15(11-13-17)14-6-3-2-4-7-14/h2-4,6-7,15-17H,5,8-13H2,1H3. The molecule has 2 nitrogen and oxygen atoms in total. The first-order valence-corrected chi connectivity index (χ1v) is 8.07. The van der Waals surface area contributed by atoms with Gasteiger partial charge < -0.3 is 4.90 Å². The van der Waals surface area contributed by atoms with Gasteiger partial charge in [0.1, 0.15) is 0 Å². The Hall–Kier alpha value is -1.31. The van der Waals surface area contributed by atoms with E-state index < -0.39 is 0 Å². The summed E-state index contributed by atoms with van der Waals surface area (Å²) in [4.78, 5) is 14.4. The van der Waals surface area contributed by atoms with Gasteiger partial charge in [0.15, 0.2) is 0 Å². The van der Waals surface area contributed by atoms with E-state index in [0.29, 0.717) is 23.8 Å². The van der Waals surface area contributed by atoms with E-state index in [1.54, 1.807) is 0 Å². The molecular weight excluding hydrogens is 246 g/mol. The monoisotopic (exact) mass is 271 g/mol. The summed E-state index contributed by atoms with van der Waals surface area (Å²) in [6.45, 7) is 0. The summed E-state index contributed by atoms with van der Waals surface area (Å²) in [5.41, 5.74) is 1.47. The van der Waals surface area contributed by atoms with Gasteiger partial charge in [0.2, 0.25) is 5.91 Å². The lowest BCUT2D eigenvalue weighted by atomic mass is 9.80. The molecule has 2 fully saturated rings. The second kappa shape index (κ2) is 5.99. The van der Waals surface area contributed by atoms with Gasteiger partial charge in [-0.05, 0) is 50.0 Å². The number of hydrogen-bond acceptors (Lipinski definition) is 1. The fourth-order valence-corrected chi connectivity index (χ4v) is 3.64. The molecule has 1 aromatic carbocycles. The van der Waals surface area contributed by atoms with Crippen LogP contribution in [0.2, 0.25) is 0 Å². The van der Waals surface area contributed by atoms with Crippen LogP contribution in [0.25, 0.3) is 0 Å². The highest BCUT2D eigenvalue weighted by Crippen LogP contribution is 2.36. The van der Waals surface area contributed by atoms with Crippen LogP contribution in [0.4, 0.5) is 0 Å². The molecule has 0 N–H and O–H groups in total. The molecule has 0 heterocycles. The molecule has 2 aliphatic rings. The van der Waals surface area contributed by atoms with E-state index in [0.717, 1.165) is 25.7 Å². The highest BCUT2D eigenvalue weighted by atomic mass is 16.2. The summed E-state index contributed by atoms with van der Waals surface area (Å²) in [6, 6.07) is 11.3. The molecule has 0 bridgehead atoms. The van der Waals surface area contributed by atoms with Crippen molar-refractivity contribution in [3.05, 3.63) is 35.9 Å². The molecule has 2 saturated carbocycles. The van der Waals surface area contributed by atoms with Crippen LogP contribution in [0.3, 0.4) is 0 Å². The predicted molar refractivity (Wildman–Crippen MR) is 81.6 cm³/mol. The van der Waals surface area contributed by atoms with Gasteiger partial charge in [-0.1, -0.05) is 36.8 Å². The van der Waals surface area contributed by atoms with E-state index in [4.69, 9.17) is 0 Å². The molecule has 0 radical (unpaired) electrons. The van der Waals surface area contributed by atoms with Gasteiger partial charge in [0.25, 0.3) is 0 Å². The first-order chi connectivity index (χ1) is 9.75. The second-order valence-electron chi connectivity index (χ2n) is 6.49. The number of rotatable bonds is 3. The minimum absolute atomic E-state index is 0.340. The molecule has 0 spiro atoms. The van der Waals surface area contributed by atoms with Gasteiger partial charge in [-0.2, -0.15) is 0 Å². The second-order valence-corrected chi connectivity index (χ2v) is 6.49. The minimum Gasteiger partial charge on any atom is -0.343 e. The van der Waals surface area contributed by atoms with Gasteiger partial charge in [-0.25, -0.2) is 0 Å². The Labute approximate surface area is 122 Å². The lowest BCUT2D eigenvalue weighted by Gasteiger charge is -2.38. The van der Waals surface area contributed by atoms with Crippen LogP contribution in [0, 0.1) is 5.92 Å². The maximum atomic E-state index is 12.3. The zero-order valence-corrected chi connectivity index (χ0v) is 12.4. The first-order valence-electron chi connectivity index (χ1n) is 8.07. The fourth-order valence-electron chi connectivity index (χ4n) is 3.64. The third kappa shape index (κ3) is 2.74. The van der Waals surface area contributed by atoms with Crippen LogP contribution in [-0.2, 0) is 4.79 Å². The fraction of sp³-hybridized carbons (Fsp3) is 0.611. The van der Waals surface area contributed by atoms with Crippen LogP contribution < -0.4 is 0 Å². The Morgan fingerprint density at radius 2 is 1.65 bits per heavy atom. The van der Waals surface area contributed by atoms with Crippen molar-refractivity contribution in [1.82, 2.24) is 4.90 Å². The number of hydrogen-bond donors (Lipinski definition) is 0. The normalized spacial score (nSPS) is 26.9. The quantitative estimate of drug-likeness (QED) is 0.814. The van der Waals surface area contributed by atoms with Gasteiger partial charge in [-0.15, -0.1) is 0 Å². The SMILES string of the molecule is CN(C(=O)C1CCC1)C1CCC(c2ccccc2)CC1. The van der Waals surface area contributed by atoms with Crippen molar-refractivity contribution in [3.63, 3.8) is 0 Å². The molecule has 0 aromatic heterocycles. The number of carbonyl (C=O) groups is 1. The average Bonchev–Trinajstić information content (AvgIpc) is 2.46. The van der Waals surface area contributed by atoms with E-state index >= 15 is 0 Å². The summed E-state index contributed by atoms with van der Waals surface area (Å²) >= 11 is 0. The number of nitrogens with zero attached hydrogens (tertiary/aromatic N) is 1. The summed E-state index contributed by atoms with van der Waals surface area (Å²) in [7, 11) is 2.02. The summed E-state index contributed by atoms with van der Waals surface area (Å²) in [6.07, 6.45) is 8.23. The third-order valence-electron chi connectivity index (χ3n) is 5.32. The lowest BCUT2D eigenvalue weighted by molar-refractivity contribution is -0.139. The Morgan fingerprint density at radius 1 is 1.00 bits per heavy atom. The Morgan fingerprint density at radius 3 is 2.20 bits per heavy atom. The zero-order valence-electron chi connectivity index (χ0n) is 12.4. The van der Waals surface area contributed by atoms with E-state index in [1.165, 1.54) is 24.8 Å². The molecule has 20 heavy (non-hydrogen) atoms. The number of amides is 1. The van der Waals surface area contributed by atoms with Crippen molar-refractivity contribution in [3.8, 4) is 0 Å². The van der Waals surface area contributed by atoms with Crippen molar-refractivity contribution in [2.45, 2.75) is 56.9 Å². The van der Waals surface area contributed by atoms with E-state index in [1.807, 2.05) is 7.05 Å². The minimum atomic E-state index is 0.340.